The Morgan fingerprint density at radius 2 is 1.74 bits per heavy atom. The highest BCUT2D eigenvalue weighted by Gasteiger charge is 2.45. The Balaban J connectivity index is 0.618. The number of nitriles is 1. The summed E-state index contributed by atoms with van der Waals surface area (Å²) in [5.41, 5.74) is 4.45. The smallest absolute Gasteiger partial charge is 0.343 e. The van der Waals surface area contributed by atoms with Crippen LogP contribution < -0.4 is 20.7 Å². The number of benzene rings is 2. The highest BCUT2D eigenvalue weighted by Crippen LogP contribution is 2.39. The molecule has 5 aromatic rings. The maximum atomic E-state index is 13.7. The van der Waals surface area contributed by atoms with E-state index < -0.39 is 11.6 Å². The minimum absolute atomic E-state index is 0.0796. The molecule has 0 radical (unpaired) electrons. The van der Waals surface area contributed by atoms with E-state index in [0.29, 0.717) is 76.8 Å². The first-order chi connectivity index (χ1) is 34.9. The average molecular weight is 996 g/mol. The van der Waals surface area contributed by atoms with Gasteiger partial charge in [0.25, 0.3) is 11.5 Å². The number of halogens is 1. The van der Waals surface area contributed by atoms with Crippen molar-refractivity contribution in [3.05, 3.63) is 110 Å². The normalized spacial score (nSPS) is 21.1. The molecule has 2 N–H and O–H groups in total. The lowest BCUT2D eigenvalue weighted by molar-refractivity contribution is -0.172. The van der Waals surface area contributed by atoms with E-state index in [1.807, 2.05) is 35.2 Å². The highest BCUT2D eigenvalue weighted by molar-refractivity contribution is 6.32. The summed E-state index contributed by atoms with van der Waals surface area (Å²) < 4.78 is 6.89. The third-order valence-corrected chi connectivity index (χ3v) is 16.5. The van der Waals surface area contributed by atoms with Crippen LogP contribution in [0.15, 0.2) is 65.5 Å². The van der Waals surface area contributed by atoms with Gasteiger partial charge in [-0.2, -0.15) is 5.26 Å². The summed E-state index contributed by atoms with van der Waals surface area (Å²) in [6.07, 6.45) is 10.7. The second-order valence-electron chi connectivity index (χ2n) is 20.4. The Kier molecular flexibility index (Phi) is 14.3. The first-order valence-electron chi connectivity index (χ1n) is 25.8. The third kappa shape index (κ3) is 9.90. The van der Waals surface area contributed by atoms with Gasteiger partial charge in [-0.15, -0.1) is 10.2 Å². The van der Waals surface area contributed by atoms with Gasteiger partial charge in [-0.05, 0) is 111 Å². The summed E-state index contributed by atoms with van der Waals surface area (Å²) in [5, 5.41) is 33.9. The molecule has 3 aromatic heterocycles. The average Bonchev–Trinajstić information content (AvgIpc) is 3.77. The van der Waals surface area contributed by atoms with Gasteiger partial charge in [0.2, 0.25) is 5.91 Å². The van der Waals surface area contributed by atoms with Crippen molar-refractivity contribution in [3.63, 3.8) is 0 Å². The maximum absolute atomic E-state index is 13.7. The topological polar surface area (TPSA) is 190 Å². The first kappa shape index (κ1) is 49.2. The number of amides is 2. The maximum Gasteiger partial charge on any atom is 0.343 e. The van der Waals surface area contributed by atoms with Crippen molar-refractivity contribution in [1.29, 1.82) is 5.26 Å². The van der Waals surface area contributed by atoms with Gasteiger partial charge < -0.3 is 34.4 Å². The first-order valence-corrected chi connectivity index (χ1v) is 26.2. The summed E-state index contributed by atoms with van der Waals surface area (Å²) in [5.74, 6) is 0.769. The number of cyclic esters (lactones) is 1. The predicted molar refractivity (Wildman–Crippen MR) is 275 cm³/mol. The van der Waals surface area contributed by atoms with Crippen LogP contribution in [0.2, 0.25) is 5.02 Å². The zero-order chi connectivity index (χ0) is 50.1. The molecular formula is C55H63ClN10O6. The molecule has 1 atom stereocenters. The molecule has 376 valence electrons. The van der Waals surface area contributed by atoms with E-state index in [-0.39, 0.29) is 36.4 Å². The summed E-state index contributed by atoms with van der Waals surface area (Å²) in [7, 11) is 2.05. The number of aliphatic hydroxyl groups is 1. The molecular weight excluding hydrogens is 932 g/mol. The molecule has 4 aliphatic heterocycles. The molecule has 1 aliphatic carbocycles. The molecule has 10 rings (SSSR count). The fourth-order valence-corrected chi connectivity index (χ4v) is 11.8. The number of aromatic nitrogens is 4. The van der Waals surface area contributed by atoms with Crippen LogP contribution in [0.1, 0.15) is 122 Å². The monoisotopic (exact) mass is 994 g/mol. The standard InChI is InChI=1S/C55H63ClN10O6/c1-3-55(71)44-30-48-51-38(33-66(48)53(69)43(44)34-72-54(55)70)28-42-37(9-7-10-46(42)59-51)32-63-24-26-65(27-25-63)50(67)11-6-4-5-8-35-20-22-64(23-21-35)49-19-18-47(60-61-49)52(68)58-39-13-16-40(17-14-39)62(2)41-15-12-36(31-57)45(56)29-41/h7,9-10,12,15,18-19,28-30,35,39-40,71H,3-6,8,11,13-14,16-17,20-27,32-34H2,1-2H3,(H,58,68)/t39?,40?,55-/m0/s1. The van der Waals surface area contributed by atoms with Gasteiger partial charge >= 0.3 is 5.97 Å². The Hall–Kier alpha value is -6.41. The van der Waals surface area contributed by atoms with Crippen molar-refractivity contribution >= 4 is 51.8 Å². The van der Waals surface area contributed by atoms with Crippen molar-refractivity contribution in [2.24, 2.45) is 5.92 Å². The van der Waals surface area contributed by atoms with Crippen molar-refractivity contribution < 1.29 is 24.2 Å². The van der Waals surface area contributed by atoms with E-state index in [4.69, 9.17) is 21.3 Å². The number of hydrogen-bond acceptors (Lipinski definition) is 13. The number of nitrogens with zero attached hydrogens (tertiary/aromatic N) is 9. The number of unbranched alkanes of at least 4 members (excludes halogenated alkanes) is 2. The van der Waals surface area contributed by atoms with E-state index >= 15 is 0 Å². The Labute approximate surface area is 424 Å². The number of hydrogen-bond donors (Lipinski definition) is 2. The lowest BCUT2D eigenvalue weighted by Crippen LogP contribution is -2.48. The minimum Gasteiger partial charge on any atom is -0.458 e. The van der Waals surface area contributed by atoms with Crippen molar-refractivity contribution in [2.75, 3.05) is 56.1 Å². The van der Waals surface area contributed by atoms with Gasteiger partial charge in [0.15, 0.2) is 17.1 Å². The SMILES string of the molecule is CC[C@@]1(O)C(=O)OCc2c1cc1n(c2=O)Cc2cc3c(CN4CCN(C(=O)CCCCCC5CCN(c6ccc(C(=O)NC7CCC(N(C)c8ccc(C#N)c(Cl)c8)CC7)nn6)CC5)CC4)cccc3nc2-1. The lowest BCUT2D eigenvalue weighted by atomic mass is 9.86. The number of piperidine rings is 1. The molecule has 2 amide bonds. The van der Waals surface area contributed by atoms with Gasteiger partial charge in [-0.3, -0.25) is 19.3 Å². The van der Waals surface area contributed by atoms with Crippen LogP contribution in [0.4, 0.5) is 11.5 Å². The molecule has 5 aliphatic rings. The summed E-state index contributed by atoms with van der Waals surface area (Å²) in [6, 6.07) is 21.7. The van der Waals surface area contributed by atoms with E-state index in [1.165, 1.54) is 0 Å². The van der Waals surface area contributed by atoms with E-state index in [0.717, 1.165) is 130 Å². The fourth-order valence-electron chi connectivity index (χ4n) is 11.6. The number of carbonyl (C=O) groups is 3. The van der Waals surface area contributed by atoms with Gasteiger partial charge in [0.05, 0.1) is 39.6 Å². The van der Waals surface area contributed by atoms with Crippen LogP contribution >= 0.6 is 11.6 Å². The molecule has 0 bridgehead atoms. The molecule has 2 aromatic carbocycles. The summed E-state index contributed by atoms with van der Waals surface area (Å²) in [4.78, 5) is 66.6. The molecule has 7 heterocycles. The van der Waals surface area contributed by atoms with Crippen molar-refractivity contribution in [3.8, 4) is 17.5 Å². The zero-order valence-corrected chi connectivity index (χ0v) is 42.0. The molecule has 17 heteroatoms. The highest BCUT2D eigenvalue weighted by atomic mass is 35.5. The predicted octanol–water partition coefficient (Wildman–Crippen LogP) is 7.08. The molecule has 16 nitrogen and oxygen atoms in total. The van der Waals surface area contributed by atoms with Crippen LogP contribution in [0.3, 0.4) is 0 Å². The number of carbonyl (C=O) groups excluding carboxylic acids is 3. The number of fused-ring (bicyclic) bond motifs is 5. The largest absolute Gasteiger partial charge is 0.458 e. The molecule has 0 unspecified atom stereocenters. The van der Waals surface area contributed by atoms with Crippen molar-refractivity contribution in [2.45, 2.75) is 121 Å². The second kappa shape index (κ2) is 21.0. The Morgan fingerprint density at radius 1 is 0.944 bits per heavy atom. The molecule has 2 saturated heterocycles. The number of ether oxygens (including phenoxy) is 1. The molecule has 0 spiro atoms. The molecule has 72 heavy (non-hydrogen) atoms. The van der Waals surface area contributed by atoms with E-state index in [9.17, 15) is 29.5 Å². The zero-order valence-electron chi connectivity index (χ0n) is 41.2. The summed E-state index contributed by atoms with van der Waals surface area (Å²) >= 11 is 6.28. The van der Waals surface area contributed by atoms with Crippen molar-refractivity contribution in [1.82, 2.24) is 34.9 Å². The van der Waals surface area contributed by atoms with Gasteiger partial charge in [0.1, 0.15) is 12.7 Å². The quantitative estimate of drug-likeness (QED) is 0.0833. The van der Waals surface area contributed by atoms with E-state index in [2.05, 4.69) is 55.5 Å². The van der Waals surface area contributed by atoms with Crippen LogP contribution in [-0.2, 0) is 39.6 Å². The minimum atomic E-state index is -1.86. The van der Waals surface area contributed by atoms with Gasteiger partial charge in [-0.25, -0.2) is 9.78 Å². The van der Waals surface area contributed by atoms with Crippen LogP contribution in [0, 0.1) is 17.2 Å². The number of esters is 1. The lowest BCUT2D eigenvalue weighted by Gasteiger charge is -2.36. The Bertz CT molecular complexity index is 2970. The molecule has 1 saturated carbocycles. The van der Waals surface area contributed by atoms with Crippen LogP contribution in [-0.4, -0.2) is 111 Å². The van der Waals surface area contributed by atoms with E-state index in [1.54, 1.807) is 29.7 Å². The second-order valence-corrected chi connectivity index (χ2v) is 20.8. The fraction of sp³-hybridized carbons (Fsp3) is 0.491. The number of piperazine rings is 1. The number of anilines is 2. The van der Waals surface area contributed by atoms with Crippen LogP contribution in [0.5, 0.6) is 0 Å². The number of rotatable bonds is 14. The molecule has 3 fully saturated rings. The number of pyridine rings is 2. The number of nitrogens with one attached hydrogen (secondary N) is 1. The van der Waals surface area contributed by atoms with Crippen LogP contribution in [0.25, 0.3) is 22.3 Å². The van der Waals surface area contributed by atoms with Gasteiger partial charge in [-0.1, -0.05) is 49.9 Å². The summed E-state index contributed by atoms with van der Waals surface area (Å²) in [6.45, 7) is 7.43. The Morgan fingerprint density at radius 3 is 2.46 bits per heavy atom. The van der Waals surface area contributed by atoms with Gasteiger partial charge in [0, 0.05) is 93.6 Å². The third-order valence-electron chi connectivity index (χ3n) is 16.1.